The number of aromatic amines is 1. The summed E-state index contributed by atoms with van der Waals surface area (Å²) in [4.78, 5) is 12.3. The molecule has 7 heteroatoms. The predicted octanol–water partition coefficient (Wildman–Crippen LogP) is 3.70. The molecule has 1 fully saturated rings. The fourth-order valence-corrected chi connectivity index (χ4v) is 4.91. The van der Waals surface area contributed by atoms with Gasteiger partial charge >= 0.3 is 0 Å². The Bertz CT molecular complexity index is 1410. The number of ether oxygens (including phenoxy) is 2. The first kappa shape index (κ1) is 19.4. The highest BCUT2D eigenvalue weighted by molar-refractivity contribution is 5.92. The van der Waals surface area contributed by atoms with Crippen molar-refractivity contribution in [2.45, 2.75) is 32.5 Å². The zero-order valence-corrected chi connectivity index (χ0v) is 18.1. The highest BCUT2D eigenvalue weighted by atomic mass is 16.5. The van der Waals surface area contributed by atoms with Crippen LogP contribution in [0.1, 0.15) is 35.2 Å². The molecule has 162 valence electrons. The second-order valence-corrected chi connectivity index (χ2v) is 8.54. The van der Waals surface area contributed by atoms with Gasteiger partial charge in [0.05, 0.1) is 49.4 Å². The molecule has 4 aromatic rings. The summed E-state index contributed by atoms with van der Waals surface area (Å²) in [6.07, 6.45) is 2.66. The number of hydrogen-bond acceptors (Lipinski definition) is 5. The summed E-state index contributed by atoms with van der Waals surface area (Å²) in [6, 6.07) is 10.4. The molecule has 4 heterocycles. The molecule has 0 radical (unpaired) electrons. The number of nitrogens with one attached hydrogen (secondary N) is 1. The van der Waals surface area contributed by atoms with Crippen LogP contribution in [0.25, 0.3) is 33.2 Å². The van der Waals surface area contributed by atoms with Gasteiger partial charge in [0.25, 0.3) is 5.56 Å². The molecule has 0 amide bonds. The van der Waals surface area contributed by atoms with Gasteiger partial charge in [0.15, 0.2) is 0 Å². The zero-order valence-electron chi connectivity index (χ0n) is 18.1. The first-order valence-electron chi connectivity index (χ1n) is 11.0. The Balaban J connectivity index is 1.60. The summed E-state index contributed by atoms with van der Waals surface area (Å²) < 4.78 is 13.3. The Morgan fingerprint density at radius 2 is 2.00 bits per heavy atom. The number of aromatic nitrogens is 4. The van der Waals surface area contributed by atoms with E-state index in [4.69, 9.17) is 9.47 Å². The molecular weight excluding hydrogens is 404 g/mol. The predicted molar refractivity (Wildman–Crippen MR) is 121 cm³/mol. The molecule has 2 aromatic heterocycles. The largest absolute Gasteiger partial charge is 0.380 e. The molecule has 0 bridgehead atoms. The summed E-state index contributed by atoms with van der Waals surface area (Å²) in [5.74, 6) is 0.379. The smallest absolute Gasteiger partial charge is 0.272 e. The summed E-state index contributed by atoms with van der Waals surface area (Å²) >= 11 is 0. The molecule has 0 spiro atoms. The van der Waals surface area contributed by atoms with E-state index >= 15 is 0 Å². The first-order chi connectivity index (χ1) is 15.7. The molecule has 0 unspecified atom stereocenters. The van der Waals surface area contributed by atoms with E-state index in [9.17, 15) is 4.79 Å². The van der Waals surface area contributed by atoms with Gasteiger partial charge in [-0.3, -0.25) is 9.48 Å². The molecule has 1 saturated heterocycles. The van der Waals surface area contributed by atoms with E-state index in [0.29, 0.717) is 24.5 Å². The van der Waals surface area contributed by atoms with E-state index in [1.165, 1.54) is 22.3 Å². The van der Waals surface area contributed by atoms with Gasteiger partial charge < -0.3 is 9.47 Å². The minimum atomic E-state index is -0.166. The highest BCUT2D eigenvalue weighted by Gasteiger charge is 2.30. The quantitative estimate of drug-likeness (QED) is 0.536. The molecule has 0 atom stereocenters. The normalized spacial score (nSPS) is 15.8. The third kappa shape index (κ3) is 2.85. The van der Waals surface area contributed by atoms with Crippen molar-refractivity contribution in [1.29, 1.82) is 0 Å². The Labute approximate surface area is 185 Å². The Hall–Kier alpha value is -3.29. The van der Waals surface area contributed by atoms with E-state index in [-0.39, 0.29) is 5.56 Å². The van der Waals surface area contributed by atoms with Gasteiger partial charge in [-0.1, -0.05) is 25.1 Å². The lowest BCUT2D eigenvalue weighted by atomic mass is 9.85. The van der Waals surface area contributed by atoms with E-state index in [2.05, 4.69) is 33.5 Å². The average molecular weight is 428 g/mol. The fourth-order valence-electron chi connectivity index (χ4n) is 4.91. The van der Waals surface area contributed by atoms with Gasteiger partial charge in [-0.05, 0) is 40.8 Å². The van der Waals surface area contributed by atoms with Crippen molar-refractivity contribution in [3.8, 4) is 22.4 Å². The van der Waals surface area contributed by atoms with Gasteiger partial charge in [-0.2, -0.15) is 10.2 Å². The lowest BCUT2D eigenvalue weighted by molar-refractivity contribution is 0.00859. The van der Waals surface area contributed by atoms with E-state index in [0.717, 1.165) is 47.5 Å². The maximum Gasteiger partial charge on any atom is 0.272 e. The van der Waals surface area contributed by atoms with Crippen LogP contribution < -0.4 is 5.56 Å². The molecule has 1 N–H and O–H groups in total. The van der Waals surface area contributed by atoms with Crippen molar-refractivity contribution < 1.29 is 9.47 Å². The molecule has 0 saturated carbocycles. The number of rotatable bonds is 4. The fraction of sp³-hybridized carbons (Fsp3) is 0.320. The van der Waals surface area contributed by atoms with Crippen LogP contribution in [-0.2, 0) is 36.2 Å². The maximum absolute atomic E-state index is 12.3. The van der Waals surface area contributed by atoms with Crippen molar-refractivity contribution in [3.63, 3.8) is 0 Å². The Morgan fingerprint density at radius 1 is 1.12 bits per heavy atom. The summed E-state index contributed by atoms with van der Waals surface area (Å²) in [5.41, 5.74) is 8.83. The minimum absolute atomic E-state index is 0.166. The number of benzene rings is 2. The van der Waals surface area contributed by atoms with Crippen LogP contribution in [0.4, 0.5) is 0 Å². The number of aryl methyl sites for hydroxylation is 2. The van der Waals surface area contributed by atoms with Gasteiger partial charge in [0.2, 0.25) is 0 Å². The van der Waals surface area contributed by atoms with Gasteiger partial charge in [-0.25, -0.2) is 5.10 Å². The van der Waals surface area contributed by atoms with Crippen molar-refractivity contribution in [1.82, 2.24) is 20.0 Å². The van der Waals surface area contributed by atoms with Crippen molar-refractivity contribution >= 4 is 10.8 Å². The third-order valence-corrected chi connectivity index (χ3v) is 6.71. The van der Waals surface area contributed by atoms with Crippen LogP contribution in [0.15, 0.2) is 41.3 Å². The zero-order chi connectivity index (χ0) is 21.8. The third-order valence-electron chi connectivity index (χ3n) is 6.71. The highest BCUT2D eigenvalue weighted by Crippen LogP contribution is 2.43. The monoisotopic (exact) mass is 428 g/mol. The summed E-state index contributed by atoms with van der Waals surface area (Å²) in [7, 11) is 1.99. The molecule has 2 aromatic carbocycles. The van der Waals surface area contributed by atoms with E-state index in [1.54, 1.807) is 0 Å². The topological polar surface area (TPSA) is 82.0 Å². The Morgan fingerprint density at radius 3 is 2.78 bits per heavy atom. The molecule has 2 aliphatic heterocycles. The van der Waals surface area contributed by atoms with Crippen LogP contribution in [-0.4, -0.2) is 33.2 Å². The minimum Gasteiger partial charge on any atom is -0.380 e. The van der Waals surface area contributed by atoms with Crippen LogP contribution in [0, 0.1) is 0 Å². The number of nitrogens with zero attached hydrogens (tertiary/aromatic N) is 3. The lowest BCUT2D eigenvalue weighted by Gasteiger charge is -2.29. The summed E-state index contributed by atoms with van der Waals surface area (Å²) in [6.45, 7) is 4.77. The standard InChI is InChI=1S/C25H24N4O3/c1-3-22-19-8-14(4-7-18(19)25(30)28-27-22)20-9-26-29(2)24(20)23-17(16-11-31-12-16)6-5-15-10-32-13-21(15)23/h4-9,16H,3,10-13H2,1-2H3,(H,28,30). The maximum atomic E-state index is 12.3. The van der Waals surface area contributed by atoms with Gasteiger partial charge in [0.1, 0.15) is 0 Å². The lowest BCUT2D eigenvalue weighted by Crippen LogP contribution is -2.26. The second-order valence-electron chi connectivity index (χ2n) is 8.54. The van der Waals surface area contributed by atoms with Gasteiger partial charge in [0, 0.05) is 29.5 Å². The van der Waals surface area contributed by atoms with Crippen molar-refractivity contribution in [3.05, 3.63) is 69.3 Å². The van der Waals surface area contributed by atoms with Gasteiger partial charge in [-0.15, -0.1) is 0 Å². The first-order valence-corrected chi connectivity index (χ1v) is 11.0. The van der Waals surface area contributed by atoms with Crippen LogP contribution in [0.3, 0.4) is 0 Å². The van der Waals surface area contributed by atoms with Crippen molar-refractivity contribution in [2.24, 2.45) is 7.05 Å². The SMILES string of the molecule is CCc1n[nH]c(=O)c2ccc(-c3cnn(C)c3-c3c(C4COC4)ccc4c3COC4)cc12. The molecule has 7 nitrogen and oxygen atoms in total. The van der Waals surface area contributed by atoms with Crippen LogP contribution in [0.5, 0.6) is 0 Å². The molecule has 0 aliphatic carbocycles. The number of H-pyrrole nitrogens is 1. The average Bonchev–Trinajstić information content (AvgIpc) is 3.39. The van der Waals surface area contributed by atoms with Crippen LogP contribution >= 0.6 is 0 Å². The molecule has 2 aliphatic rings. The van der Waals surface area contributed by atoms with E-state index in [1.807, 2.05) is 37.0 Å². The molecule has 6 rings (SSSR count). The second kappa shape index (κ2) is 7.39. The Kier molecular flexibility index (Phi) is 4.48. The summed E-state index contributed by atoms with van der Waals surface area (Å²) in [5, 5.41) is 13.1. The number of fused-ring (bicyclic) bond motifs is 2. The van der Waals surface area contributed by atoms with Crippen LogP contribution in [0.2, 0.25) is 0 Å². The number of hydrogen-bond donors (Lipinski definition) is 1. The van der Waals surface area contributed by atoms with E-state index < -0.39 is 0 Å². The molecular formula is C25H24N4O3. The van der Waals surface area contributed by atoms with Crippen molar-refractivity contribution in [2.75, 3.05) is 13.2 Å². The molecule has 32 heavy (non-hydrogen) atoms.